The van der Waals surface area contributed by atoms with Gasteiger partial charge in [-0.1, -0.05) is 6.07 Å². The van der Waals surface area contributed by atoms with E-state index < -0.39 is 11.6 Å². The predicted molar refractivity (Wildman–Crippen MR) is 107 cm³/mol. The minimum absolute atomic E-state index is 0.152. The molecule has 1 amide bonds. The Bertz CT molecular complexity index is 1200. The van der Waals surface area contributed by atoms with Crippen LogP contribution in [0.15, 0.2) is 77.4 Å². The zero-order valence-electron chi connectivity index (χ0n) is 15.5. The highest BCUT2D eigenvalue weighted by atomic mass is 19.1. The minimum Gasteiger partial charge on any atom is -0.454 e. The van der Waals surface area contributed by atoms with Crippen molar-refractivity contribution in [2.75, 3.05) is 11.7 Å². The zero-order valence-corrected chi connectivity index (χ0v) is 15.5. The number of rotatable bonds is 3. The van der Waals surface area contributed by atoms with E-state index >= 15 is 0 Å². The maximum atomic E-state index is 13.4. The van der Waals surface area contributed by atoms with E-state index in [1.807, 2.05) is 0 Å². The average molecular weight is 404 g/mol. The van der Waals surface area contributed by atoms with Gasteiger partial charge in [0.2, 0.25) is 6.79 Å². The van der Waals surface area contributed by atoms with Crippen LogP contribution in [0.1, 0.15) is 11.1 Å². The smallest absolute Gasteiger partial charge is 0.282 e. The molecule has 0 saturated carbocycles. The first-order valence-corrected chi connectivity index (χ1v) is 9.14. The third kappa shape index (κ3) is 3.20. The normalized spacial score (nSPS) is 16.3. The number of ether oxygens (including phenoxy) is 2. The molecule has 0 radical (unpaired) electrons. The van der Waals surface area contributed by atoms with Crippen molar-refractivity contribution in [3.05, 3.63) is 95.2 Å². The van der Waals surface area contributed by atoms with Crippen LogP contribution in [0, 0.1) is 11.6 Å². The molecule has 3 aromatic rings. The summed E-state index contributed by atoms with van der Waals surface area (Å²) in [5, 5.41) is 0. The van der Waals surface area contributed by atoms with Crippen LogP contribution in [0.3, 0.4) is 0 Å². The van der Waals surface area contributed by atoms with Gasteiger partial charge in [-0.2, -0.15) is 0 Å². The Labute approximate surface area is 170 Å². The molecule has 5 nitrogen and oxygen atoms in total. The number of anilines is 1. The van der Waals surface area contributed by atoms with E-state index in [1.165, 1.54) is 41.3 Å². The number of amides is 1. The number of benzene rings is 3. The van der Waals surface area contributed by atoms with Crippen LogP contribution >= 0.6 is 0 Å². The number of carbonyl (C=O) groups is 1. The van der Waals surface area contributed by atoms with Crippen molar-refractivity contribution in [2.24, 2.45) is 4.99 Å². The highest BCUT2D eigenvalue weighted by molar-refractivity contribution is 6.33. The number of hydrogen-bond acceptors (Lipinski definition) is 4. The van der Waals surface area contributed by atoms with Crippen molar-refractivity contribution in [1.29, 1.82) is 0 Å². The summed E-state index contributed by atoms with van der Waals surface area (Å²) in [6.07, 6.45) is 1.64. The second-order valence-corrected chi connectivity index (χ2v) is 6.70. The summed E-state index contributed by atoms with van der Waals surface area (Å²) >= 11 is 0. The Morgan fingerprint density at radius 1 is 0.867 bits per heavy atom. The van der Waals surface area contributed by atoms with Crippen LogP contribution in [-0.2, 0) is 4.79 Å². The fraction of sp³-hybridized carbons (Fsp3) is 0.0435. The predicted octanol–water partition coefficient (Wildman–Crippen LogP) is 4.53. The van der Waals surface area contributed by atoms with Crippen molar-refractivity contribution >= 4 is 23.5 Å². The number of halogens is 2. The van der Waals surface area contributed by atoms with E-state index in [9.17, 15) is 13.6 Å². The van der Waals surface area contributed by atoms with Gasteiger partial charge in [-0.25, -0.2) is 13.8 Å². The van der Waals surface area contributed by atoms with Gasteiger partial charge in [0.1, 0.15) is 23.2 Å². The fourth-order valence-electron chi connectivity index (χ4n) is 3.30. The summed E-state index contributed by atoms with van der Waals surface area (Å²) in [6, 6.07) is 16.5. The molecule has 0 aliphatic carbocycles. The van der Waals surface area contributed by atoms with Gasteiger partial charge in [-0.3, -0.25) is 9.69 Å². The van der Waals surface area contributed by atoms with Crippen LogP contribution in [0.4, 0.5) is 14.5 Å². The zero-order chi connectivity index (χ0) is 20.7. The number of hydrogen-bond donors (Lipinski definition) is 0. The lowest BCUT2D eigenvalue weighted by Crippen LogP contribution is -2.32. The molecule has 0 atom stereocenters. The second-order valence-electron chi connectivity index (χ2n) is 6.70. The van der Waals surface area contributed by atoms with Crippen molar-refractivity contribution in [1.82, 2.24) is 0 Å². The molecule has 2 heterocycles. The van der Waals surface area contributed by atoms with E-state index in [0.717, 1.165) is 0 Å². The van der Waals surface area contributed by atoms with Gasteiger partial charge < -0.3 is 9.47 Å². The molecule has 2 aliphatic heterocycles. The van der Waals surface area contributed by atoms with Crippen LogP contribution < -0.4 is 14.4 Å². The van der Waals surface area contributed by atoms with Crippen molar-refractivity contribution in [3.8, 4) is 11.5 Å². The van der Waals surface area contributed by atoms with E-state index in [-0.39, 0.29) is 18.4 Å². The molecule has 0 spiro atoms. The summed E-state index contributed by atoms with van der Waals surface area (Å²) in [5.41, 5.74) is 1.92. The van der Waals surface area contributed by atoms with Crippen molar-refractivity contribution < 1.29 is 23.0 Å². The first-order valence-electron chi connectivity index (χ1n) is 9.14. The molecule has 0 unspecified atom stereocenters. The summed E-state index contributed by atoms with van der Waals surface area (Å²) in [6.45, 7) is 0.152. The topological polar surface area (TPSA) is 51.1 Å². The Morgan fingerprint density at radius 2 is 1.53 bits per heavy atom. The third-order valence-corrected chi connectivity index (χ3v) is 4.75. The maximum Gasteiger partial charge on any atom is 0.282 e. The van der Waals surface area contributed by atoms with Gasteiger partial charge in [0.25, 0.3) is 5.91 Å². The first kappa shape index (κ1) is 18.1. The quantitative estimate of drug-likeness (QED) is 0.603. The number of carbonyl (C=O) groups excluding carboxylic acids is 1. The molecule has 30 heavy (non-hydrogen) atoms. The van der Waals surface area contributed by atoms with Crippen LogP contribution in [0.2, 0.25) is 0 Å². The SMILES string of the molecule is O=C1/C(=C\c2ccc3c(c2)OCO3)N=C(c2ccc(F)cc2)N1c1ccc(F)cc1. The molecule has 0 aromatic heterocycles. The molecule has 3 aromatic carbocycles. The Kier molecular flexibility index (Phi) is 4.28. The highest BCUT2D eigenvalue weighted by Crippen LogP contribution is 2.34. The second kappa shape index (κ2) is 7.11. The molecular formula is C23H14F2N2O3. The van der Waals surface area contributed by atoms with Crippen molar-refractivity contribution in [3.63, 3.8) is 0 Å². The fourth-order valence-corrected chi connectivity index (χ4v) is 3.30. The molecular weight excluding hydrogens is 390 g/mol. The lowest BCUT2D eigenvalue weighted by atomic mass is 10.1. The van der Waals surface area contributed by atoms with Crippen LogP contribution in [0.25, 0.3) is 6.08 Å². The Hall–Kier alpha value is -4.00. The summed E-state index contributed by atoms with van der Waals surface area (Å²) in [7, 11) is 0. The number of amidine groups is 1. The van der Waals surface area contributed by atoms with Gasteiger partial charge in [0.15, 0.2) is 11.5 Å². The molecule has 2 aliphatic rings. The Balaban J connectivity index is 1.59. The molecule has 0 saturated heterocycles. The first-order chi connectivity index (χ1) is 14.6. The minimum atomic E-state index is -0.415. The monoisotopic (exact) mass is 404 g/mol. The number of nitrogens with zero attached hydrogens (tertiary/aromatic N) is 2. The van der Waals surface area contributed by atoms with Gasteiger partial charge in [0.05, 0.1) is 5.69 Å². The van der Waals surface area contributed by atoms with Gasteiger partial charge >= 0.3 is 0 Å². The molecule has 0 N–H and O–H groups in total. The molecule has 0 fully saturated rings. The number of fused-ring (bicyclic) bond motifs is 1. The summed E-state index contributed by atoms with van der Waals surface area (Å²) in [4.78, 5) is 19.1. The van der Waals surface area contributed by atoms with Gasteiger partial charge in [-0.05, 0) is 72.3 Å². The Morgan fingerprint density at radius 3 is 2.27 bits per heavy atom. The maximum absolute atomic E-state index is 13.4. The molecule has 0 bridgehead atoms. The largest absolute Gasteiger partial charge is 0.454 e. The standard InChI is InChI=1S/C23H14F2N2O3/c24-16-4-2-15(3-5-16)22-26-19(11-14-1-10-20-21(12-14)30-13-29-20)23(28)27(22)18-8-6-17(25)7-9-18/h1-12H,13H2/b19-11+. The average Bonchev–Trinajstić information content (AvgIpc) is 3.34. The highest BCUT2D eigenvalue weighted by Gasteiger charge is 2.32. The van der Waals surface area contributed by atoms with E-state index in [0.29, 0.717) is 34.1 Å². The van der Waals surface area contributed by atoms with E-state index in [2.05, 4.69) is 4.99 Å². The lowest BCUT2D eigenvalue weighted by molar-refractivity contribution is -0.113. The van der Waals surface area contributed by atoms with E-state index in [1.54, 1.807) is 36.4 Å². The van der Waals surface area contributed by atoms with Gasteiger partial charge in [0, 0.05) is 5.56 Å². The van der Waals surface area contributed by atoms with Crippen LogP contribution in [-0.4, -0.2) is 18.5 Å². The molecule has 5 rings (SSSR count). The van der Waals surface area contributed by atoms with Gasteiger partial charge in [-0.15, -0.1) is 0 Å². The number of aliphatic imine (C=N–C) groups is 1. The van der Waals surface area contributed by atoms with Crippen molar-refractivity contribution in [2.45, 2.75) is 0 Å². The lowest BCUT2D eigenvalue weighted by Gasteiger charge is -2.18. The summed E-state index contributed by atoms with van der Waals surface area (Å²) < 4.78 is 37.5. The molecule has 7 heteroatoms. The summed E-state index contributed by atoms with van der Waals surface area (Å²) in [5.74, 6) is 0.374. The van der Waals surface area contributed by atoms with E-state index in [4.69, 9.17) is 9.47 Å². The molecule has 148 valence electrons. The third-order valence-electron chi connectivity index (χ3n) is 4.75. The van der Waals surface area contributed by atoms with Crippen LogP contribution in [0.5, 0.6) is 11.5 Å².